The summed E-state index contributed by atoms with van der Waals surface area (Å²) in [6.07, 6.45) is 3.69. The monoisotopic (exact) mass is 1500 g/mol. The Hall–Kier alpha value is -5.06. The minimum atomic E-state index is -1.03. The zero-order valence-electron chi connectivity index (χ0n) is 53.8. The van der Waals surface area contributed by atoms with Crippen molar-refractivity contribution in [1.29, 1.82) is 0 Å². The van der Waals surface area contributed by atoms with Gasteiger partial charge in [0.2, 0.25) is 11.8 Å². The smallest absolute Gasteiger partial charge is 0.317 e. The molecule has 5 heterocycles. The molecule has 28 nitrogen and oxygen atoms in total. The molecule has 3 saturated heterocycles. The topological polar surface area (TPSA) is 322 Å². The van der Waals surface area contributed by atoms with Crippen LogP contribution in [0.3, 0.4) is 0 Å². The van der Waals surface area contributed by atoms with E-state index in [1.165, 1.54) is 6.07 Å². The number of aromatic nitrogens is 3. The molecule has 94 heavy (non-hydrogen) atoms. The van der Waals surface area contributed by atoms with E-state index < -0.39 is 17.9 Å². The maximum Gasteiger partial charge on any atom is 0.317 e. The van der Waals surface area contributed by atoms with Crippen molar-refractivity contribution in [1.82, 2.24) is 44.8 Å². The second-order valence-electron chi connectivity index (χ2n) is 23.0. The number of carbonyl (C=O) groups excluding carboxylic acids is 2. The number of hydrogen-bond donors (Lipinski definition) is 6. The van der Waals surface area contributed by atoms with Crippen LogP contribution in [0.15, 0.2) is 42.6 Å². The molecule has 7 N–H and O–H groups in total. The zero-order chi connectivity index (χ0) is 66.2. The van der Waals surface area contributed by atoms with Gasteiger partial charge in [0.05, 0.1) is 161 Å². The van der Waals surface area contributed by atoms with Crippen molar-refractivity contribution in [2.75, 3.05) is 240 Å². The molecular weight excluding hydrogens is 1410 g/mol. The summed E-state index contributed by atoms with van der Waals surface area (Å²) >= 11 is 6.41. The molecule has 31 heteroatoms. The molecule has 2 aromatic heterocycles. The Labute approximate surface area is 582 Å². The first-order valence-corrected chi connectivity index (χ1v) is 32.4. The summed E-state index contributed by atoms with van der Waals surface area (Å²) in [5, 5.41) is 31.7. The largest absolute Gasteiger partial charge is 0.480 e. The van der Waals surface area contributed by atoms with Crippen molar-refractivity contribution < 1.29 is 118 Å². The van der Waals surface area contributed by atoms with Crippen LogP contribution in [-0.4, -0.2) is 321 Å². The molecule has 0 saturated carbocycles. The van der Waals surface area contributed by atoms with Crippen molar-refractivity contribution >= 4 is 63.9 Å². The van der Waals surface area contributed by atoms with Gasteiger partial charge in [0.1, 0.15) is 17.5 Å². The second kappa shape index (κ2) is 43.3. The molecule has 3 aliphatic heterocycles. The van der Waals surface area contributed by atoms with Crippen LogP contribution in [0.2, 0.25) is 5.02 Å². The number of hydrogen-bond acceptors (Lipinski definition) is 22. The van der Waals surface area contributed by atoms with Crippen LogP contribution in [0.4, 0.5) is 15.9 Å². The van der Waals surface area contributed by atoms with Crippen molar-refractivity contribution in [3.8, 4) is 22.5 Å². The number of H-pyrrole nitrogens is 1. The number of imidazole rings is 1. The predicted molar refractivity (Wildman–Crippen MR) is 346 cm³/mol. The molecule has 0 unspecified atom stereocenters. The number of carbonyl (C=O) groups is 5. The van der Waals surface area contributed by atoms with Gasteiger partial charge < -0.3 is 83.9 Å². The van der Waals surface area contributed by atoms with E-state index in [1.54, 1.807) is 20.8 Å². The number of rotatable bonds is 39. The molecule has 3 fully saturated rings. The summed E-state index contributed by atoms with van der Waals surface area (Å²) in [6.45, 7) is 13.4. The Morgan fingerprint density at radius 1 is 0.596 bits per heavy atom. The van der Waals surface area contributed by atoms with Crippen molar-refractivity contribution in [3.63, 3.8) is 0 Å². The number of halogens is 2. The average molecular weight is 1500 g/mol. The van der Waals surface area contributed by atoms with Gasteiger partial charge >= 0.3 is 17.9 Å². The Morgan fingerprint density at radius 2 is 1.05 bits per heavy atom. The number of nitrogens with zero attached hydrogens (tertiary/aromatic N) is 9. The number of fused-ring (bicyclic) bond motifs is 1. The number of piperazine rings is 1. The third kappa shape index (κ3) is 28.2. The van der Waals surface area contributed by atoms with E-state index in [0.29, 0.717) is 187 Å². The number of aromatic amines is 1. The molecule has 0 atom stereocenters. The number of nitrogens with two attached hydrogens (primary N) is 1. The number of anilines is 2. The minimum Gasteiger partial charge on any atom is -0.480 e. The molecule has 4 aromatic rings. The molecule has 3 aliphatic rings. The van der Waals surface area contributed by atoms with Gasteiger partial charge in [0.15, 0.2) is 0 Å². The van der Waals surface area contributed by atoms with Gasteiger partial charge in [0, 0.05) is 158 Å². The van der Waals surface area contributed by atoms with Crippen molar-refractivity contribution in [2.24, 2.45) is 5.73 Å². The maximum atomic E-state index is 15.0. The Bertz CT molecular complexity index is 2900. The first kappa shape index (κ1) is 77.9. The van der Waals surface area contributed by atoms with Gasteiger partial charge in [-0.05, 0) is 61.2 Å². The van der Waals surface area contributed by atoms with Crippen LogP contribution in [0, 0.1) is 49.6 Å². The molecule has 0 aliphatic carbocycles. The molecule has 2 amide bonds. The van der Waals surface area contributed by atoms with Crippen molar-refractivity contribution in [3.05, 3.63) is 59.0 Å². The van der Waals surface area contributed by atoms with E-state index in [1.807, 2.05) is 47.2 Å². The summed E-state index contributed by atoms with van der Waals surface area (Å²) in [5.74, 6) is -2.28. The summed E-state index contributed by atoms with van der Waals surface area (Å²) < 4.78 is 59.8. The minimum absolute atomic E-state index is 0. The van der Waals surface area contributed by atoms with E-state index in [9.17, 15) is 39.3 Å². The van der Waals surface area contributed by atoms with Gasteiger partial charge in [-0.3, -0.25) is 43.6 Å². The number of amides is 2. The molecule has 0 bridgehead atoms. The third-order valence-electron chi connectivity index (χ3n) is 15.9. The fourth-order valence-corrected chi connectivity index (χ4v) is 11.2. The van der Waals surface area contributed by atoms with Gasteiger partial charge in [-0.2, -0.15) is 0 Å². The van der Waals surface area contributed by atoms with E-state index in [4.69, 9.17) is 65.2 Å². The first-order valence-electron chi connectivity index (χ1n) is 32.0. The number of aryl methyl sites for hydroxylation is 1. The van der Waals surface area contributed by atoms with Gasteiger partial charge in [-0.25, -0.2) is 14.4 Å². The Balaban J connectivity index is 0.0000140. The summed E-state index contributed by atoms with van der Waals surface area (Å²) in [4.78, 5) is 87.8. The Morgan fingerprint density at radius 3 is 1.52 bits per heavy atom. The standard InChI is InChI=1S/C63H94ClFN12O16.Lu/c1-47-38-48(40-50(65)39-47)52-42-68-63(60(61(52)76-8-4-51(66)5-9-76)62-69-53-3-2-49(64)41-54(53)70-62)77-20-18-75(19-21-77)56(79)6-22-86-24-26-88-28-30-90-32-34-92-36-37-93-35-33-91-31-29-89-27-25-87-23-7-67-55(78)43-71-10-12-72(44-57(80)81)14-16-74(46-59(84)85)17-15-73(13-11-71)45-58(82)83;/h2-3,38-42,51H,4-37,43-46,66H2,1H3,(H,67,78)(H,69,70)(H,80,81)(H,82,83)(H,84,85);. The summed E-state index contributed by atoms with van der Waals surface area (Å²) in [6, 6.07) is 10.7. The summed E-state index contributed by atoms with van der Waals surface area (Å²) in [7, 11) is 0. The second-order valence-corrected chi connectivity index (χ2v) is 23.4. The van der Waals surface area contributed by atoms with E-state index >= 15 is 4.39 Å². The van der Waals surface area contributed by atoms with E-state index in [-0.39, 0.29) is 126 Å². The number of piperidine rings is 1. The average Bonchev–Trinajstić information content (AvgIpc) is 1.28. The normalized spacial score (nSPS) is 16.2. The predicted octanol–water partition coefficient (Wildman–Crippen LogP) is 2.08. The van der Waals surface area contributed by atoms with Crippen LogP contribution < -0.4 is 20.9 Å². The quantitative estimate of drug-likeness (QED) is 0.0348. The number of carboxylic acid groups (broad SMARTS) is 3. The number of aliphatic carboxylic acids is 3. The molecule has 0 spiro atoms. The summed E-state index contributed by atoms with van der Waals surface area (Å²) in [5.41, 5.74) is 12.0. The van der Waals surface area contributed by atoms with Crippen LogP contribution in [0.1, 0.15) is 24.8 Å². The maximum absolute atomic E-state index is 15.0. The zero-order valence-corrected chi connectivity index (χ0v) is 56.2. The van der Waals surface area contributed by atoms with Gasteiger partial charge in [-0.15, -0.1) is 0 Å². The van der Waals surface area contributed by atoms with Crippen LogP contribution >= 0.6 is 11.6 Å². The third-order valence-corrected chi connectivity index (χ3v) is 16.1. The number of carboxylic acids is 3. The molecule has 1 radical (unpaired) electrons. The van der Waals surface area contributed by atoms with Gasteiger partial charge in [-0.1, -0.05) is 17.7 Å². The fourth-order valence-electron chi connectivity index (χ4n) is 11.0. The van der Waals surface area contributed by atoms with Crippen LogP contribution in [0.25, 0.3) is 33.5 Å². The van der Waals surface area contributed by atoms with Crippen LogP contribution in [0.5, 0.6) is 0 Å². The number of benzene rings is 2. The fraction of sp³-hybridized carbons (Fsp3) is 0.635. The number of nitrogens with one attached hydrogen (secondary N) is 2. The van der Waals surface area contributed by atoms with Crippen molar-refractivity contribution in [2.45, 2.75) is 32.2 Å². The van der Waals surface area contributed by atoms with E-state index in [2.05, 4.69) is 20.1 Å². The first-order chi connectivity index (χ1) is 45.1. The molecular formula is C63H94ClFLuN12O16. The SMILES string of the molecule is Cc1cc(F)cc(-c2cnc(N3CCN(C(=O)CCOCCOCCOCCOCCOCCOCCOCCOCCNC(=O)CN4CCN(CC(=O)O)CCN(CC(=O)O)CCN(CC(=O)O)CC4)CC3)c(-c3nc4cc(Cl)ccc4[nH]3)c2N2CCC(N)CC2)c1.[Lu]. The molecule has 7 rings (SSSR count). The van der Waals surface area contributed by atoms with E-state index in [0.717, 1.165) is 52.1 Å². The number of ether oxygens (including phenoxy) is 8. The van der Waals surface area contributed by atoms with Gasteiger partial charge in [0.25, 0.3) is 0 Å². The molecule has 531 valence electrons. The number of pyridine rings is 1. The molecule has 2 aromatic carbocycles. The van der Waals surface area contributed by atoms with Crippen LogP contribution in [-0.2, 0) is 61.9 Å². The Kier molecular flexibility index (Phi) is 35.9.